The molecule has 17 heavy (non-hydrogen) atoms. The van der Waals surface area contributed by atoms with Crippen LogP contribution >= 0.6 is 0 Å². The summed E-state index contributed by atoms with van der Waals surface area (Å²) in [5.74, 6) is 0.297. The Hall–Kier alpha value is -1.25. The lowest BCUT2D eigenvalue weighted by molar-refractivity contribution is 0.0594. The number of aryl methyl sites for hydroxylation is 1. The first kappa shape index (κ1) is 15.8. The Morgan fingerprint density at radius 3 is 2.59 bits per heavy atom. The molecule has 0 aromatic carbocycles. The van der Waals surface area contributed by atoms with Crippen LogP contribution in [-0.2, 0) is 11.2 Å². The number of hydrogen-bond acceptors (Lipinski definition) is 2. The molecule has 1 unspecified atom stereocenters. The molecule has 2 rings (SSSR count). The van der Waals surface area contributed by atoms with Crippen molar-refractivity contribution < 1.29 is 9.53 Å². The van der Waals surface area contributed by atoms with Gasteiger partial charge >= 0.3 is 5.97 Å². The van der Waals surface area contributed by atoms with E-state index >= 15 is 0 Å². The number of aromatic nitrogens is 1. The Kier molecular flexibility index (Phi) is 6.62. The Bertz CT molecular complexity index is 355. The van der Waals surface area contributed by atoms with Gasteiger partial charge in [-0.05, 0) is 30.4 Å². The van der Waals surface area contributed by atoms with Crippen LogP contribution in [0.1, 0.15) is 68.7 Å². The van der Waals surface area contributed by atoms with Crippen molar-refractivity contribution in [2.75, 3.05) is 7.11 Å². The van der Waals surface area contributed by atoms with Crippen molar-refractivity contribution >= 4 is 5.97 Å². The lowest BCUT2D eigenvalue weighted by atomic mass is 10.1. The van der Waals surface area contributed by atoms with Crippen molar-refractivity contribution in [3.63, 3.8) is 0 Å². The second-order valence-electron chi connectivity index (χ2n) is 4.26. The van der Waals surface area contributed by atoms with Crippen LogP contribution in [0.4, 0.5) is 0 Å². The molecule has 1 atom stereocenters. The van der Waals surface area contributed by atoms with E-state index in [0.29, 0.717) is 11.6 Å². The van der Waals surface area contributed by atoms with E-state index in [0.717, 1.165) is 6.42 Å². The van der Waals surface area contributed by atoms with Crippen LogP contribution in [0.15, 0.2) is 6.07 Å². The quantitative estimate of drug-likeness (QED) is 0.755. The highest BCUT2D eigenvalue weighted by molar-refractivity contribution is 5.87. The lowest BCUT2D eigenvalue weighted by Gasteiger charge is -1.98. The molecule has 0 aliphatic heterocycles. The van der Waals surface area contributed by atoms with Gasteiger partial charge in [0.2, 0.25) is 0 Å². The molecule has 1 N–H and O–H groups in total. The molecule has 1 heterocycles. The Morgan fingerprint density at radius 1 is 1.53 bits per heavy atom. The number of H-pyrrole nitrogens is 1. The first-order valence-electron chi connectivity index (χ1n) is 5.94. The Balaban J connectivity index is 0.000000583. The van der Waals surface area contributed by atoms with Crippen LogP contribution in [-0.4, -0.2) is 18.1 Å². The molecule has 98 valence electrons. The molecule has 1 aromatic rings. The number of aromatic amines is 1. The van der Waals surface area contributed by atoms with Gasteiger partial charge in [-0.1, -0.05) is 34.6 Å². The molecule has 1 aliphatic carbocycles. The minimum atomic E-state index is -0.276. The number of esters is 1. The van der Waals surface area contributed by atoms with Gasteiger partial charge in [-0.3, -0.25) is 0 Å². The molecule has 0 amide bonds. The number of nitrogens with one attached hydrogen (secondary N) is 1. The summed E-state index contributed by atoms with van der Waals surface area (Å²) in [6.07, 6.45) is 3.48. The molecule has 3 heteroatoms. The van der Waals surface area contributed by atoms with E-state index in [4.69, 9.17) is 0 Å². The van der Waals surface area contributed by atoms with Gasteiger partial charge in [-0.15, -0.1) is 0 Å². The average molecular weight is 239 g/mol. The van der Waals surface area contributed by atoms with Gasteiger partial charge < -0.3 is 9.72 Å². The topological polar surface area (TPSA) is 42.1 Å². The van der Waals surface area contributed by atoms with Gasteiger partial charge in [0.15, 0.2) is 0 Å². The number of carbonyl (C=O) groups excluding carboxylic acids is 1. The van der Waals surface area contributed by atoms with E-state index in [9.17, 15) is 4.79 Å². The molecule has 0 fully saturated rings. The minimum absolute atomic E-state index is 0. The fourth-order valence-corrected chi connectivity index (χ4v) is 1.90. The summed E-state index contributed by atoms with van der Waals surface area (Å²) in [6.45, 7) is 6.43. The standard InChI is InChI=1S/C10H13NO2.C3H8.CH4/c1-6-3-4-8-7(6)5-9(11-8)10(12)13-2;1-3-2;/h5-6,11H,3-4H2,1-2H3;3H2,1-2H3;1H4. The van der Waals surface area contributed by atoms with E-state index < -0.39 is 0 Å². The zero-order valence-electron chi connectivity index (χ0n) is 10.6. The number of fused-ring (bicyclic) bond motifs is 1. The second-order valence-corrected chi connectivity index (χ2v) is 4.26. The molecular weight excluding hydrogens is 214 g/mol. The Labute approximate surface area is 105 Å². The molecule has 0 spiro atoms. The SMILES string of the molecule is C.CCC.COC(=O)c1cc2c([nH]1)CCC2C. The summed E-state index contributed by atoms with van der Waals surface area (Å²) in [5.41, 5.74) is 3.06. The van der Waals surface area contributed by atoms with E-state index in [1.165, 1.54) is 31.2 Å². The molecule has 3 nitrogen and oxygen atoms in total. The second kappa shape index (κ2) is 7.15. The van der Waals surface area contributed by atoms with Crippen LogP contribution in [0.2, 0.25) is 0 Å². The molecule has 1 aromatic heterocycles. The van der Waals surface area contributed by atoms with Crippen molar-refractivity contribution in [3.05, 3.63) is 23.0 Å². The maximum atomic E-state index is 11.2. The van der Waals surface area contributed by atoms with E-state index in [2.05, 4.69) is 30.5 Å². The fraction of sp³-hybridized carbons (Fsp3) is 0.643. The van der Waals surface area contributed by atoms with Crippen LogP contribution in [0.3, 0.4) is 0 Å². The summed E-state index contributed by atoms with van der Waals surface area (Å²) < 4.78 is 4.64. The van der Waals surface area contributed by atoms with Gasteiger partial charge in [0, 0.05) is 5.69 Å². The summed E-state index contributed by atoms with van der Waals surface area (Å²) >= 11 is 0. The number of hydrogen-bond donors (Lipinski definition) is 1. The van der Waals surface area contributed by atoms with Crippen molar-refractivity contribution in [1.29, 1.82) is 0 Å². The molecular formula is C14H25NO2. The Morgan fingerprint density at radius 2 is 2.12 bits per heavy atom. The van der Waals surface area contributed by atoms with Gasteiger partial charge in [0.05, 0.1) is 7.11 Å². The highest BCUT2D eigenvalue weighted by Gasteiger charge is 2.23. The molecule has 1 aliphatic rings. The highest BCUT2D eigenvalue weighted by atomic mass is 16.5. The zero-order valence-corrected chi connectivity index (χ0v) is 10.6. The van der Waals surface area contributed by atoms with E-state index in [1.54, 1.807) is 0 Å². The zero-order chi connectivity index (χ0) is 12.1. The van der Waals surface area contributed by atoms with Crippen LogP contribution in [0, 0.1) is 0 Å². The summed E-state index contributed by atoms with van der Waals surface area (Å²) in [6, 6.07) is 1.92. The number of carbonyl (C=O) groups is 1. The fourth-order valence-electron chi connectivity index (χ4n) is 1.90. The smallest absolute Gasteiger partial charge is 0.354 e. The van der Waals surface area contributed by atoms with Crippen molar-refractivity contribution in [3.8, 4) is 0 Å². The van der Waals surface area contributed by atoms with Crippen molar-refractivity contribution in [2.24, 2.45) is 0 Å². The predicted molar refractivity (Wildman–Crippen MR) is 71.6 cm³/mol. The molecule has 0 bridgehead atoms. The van der Waals surface area contributed by atoms with Crippen LogP contribution < -0.4 is 0 Å². The van der Waals surface area contributed by atoms with Gasteiger partial charge in [0.1, 0.15) is 5.69 Å². The monoisotopic (exact) mass is 239 g/mol. The van der Waals surface area contributed by atoms with Crippen LogP contribution in [0.5, 0.6) is 0 Å². The molecule has 0 saturated carbocycles. The first-order chi connectivity index (χ1) is 7.63. The molecule has 0 saturated heterocycles. The first-order valence-corrected chi connectivity index (χ1v) is 5.94. The maximum Gasteiger partial charge on any atom is 0.354 e. The third-order valence-electron chi connectivity index (χ3n) is 2.70. The summed E-state index contributed by atoms with van der Waals surface area (Å²) in [5, 5.41) is 0. The largest absolute Gasteiger partial charge is 0.464 e. The third-order valence-corrected chi connectivity index (χ3v) is 2.70. The summed E-state index contributed by atoms with van der Waals surface area (Å²) in [4.78, 5) is 14.3. The van der Waals surface area contributed by atoms with E-state index in [-0.39, 0.29) is 13.4 Å². The van der Waals surface area contributed by atoms with Gasteiger partial charge in [0.25, 0.3) is 0 Å². The lowest BCUT2D eigenvalue weighted by Crippen LogP contribution is -2.01. The maximum absolute atomic E-state index is 11.2. The number of methoxy groups -OCH3 is 1. The minimum Gasteiger partial charge on any atom is -0.464 e. The number of ether oxygens (including phenoxy) is 1. The molecule has 0 radical (unpaired) electrons. The summed E-state index contributed by atoms with van der Waals surface area (Å²) in [7, 11) is 1.40. The predicted octanol–water partition coefficient (Wildman–Crippen LogP) is 3.90. The van der Waals surface area contributed by atoms with Crippen molar-refractivity contribution in [2.45, 2.75) is 53.4 Å². The van der Waals surface area contributed by atoms with Crippen LogP contribution in [0.25, 0.3) is 0 Å². The highest BCUT2D eigenvalue weighted by Crippen LogP contribution is 2.32. The van der Waals surface area contributed by atoms with E-state index in [1.807, 2.05) is 6.07 Å². The normalized spacial score (nSPS) is 16.4. The van der Waals surface area contributed by atoms with Gasteiger partial charge in [-0.25, -0.2) is 4.79 Å². The van der Waals surface area contributed by atoms with Gasteiger partial charge in [-0.2, -0.15) is 0 Å². The number of rotatable bonds is 1. The average Bonchev–Trinajstić information content (AvgIpc) is 2.81. The third kappa shape index (κ3) is 3.62. The van der Waals surface area contributed by atoms with Crippen molar-refractivity contribution in [1.82, 2.24) is 4.98 Å².